The van der Waals surface area contributed by atoms with Gasteiger partial charge in [-0.05, 0) is 25.5 Å². The van der Waals surface area contributed by atoms with Crippen molar-refractivity contribution in [1.29, 1.82) is 0 Å². The third-order valence-electron chi connectivity index (χ3n) is 2.42. The van der Waals surface area contributed by atoms with Crippen LogP contribution in [0.5, 0.6) is 0 Å². The van der Waals surface area contributed by atoms with E-state index in [0.29, 0.717) is 6.10 Å². The number of allylic oxidation sites excluding steroid dienone is 1. The molecule has 1 aliphatic rings. The molecule has 86 valence electrons. The van der Waals surface area contributed by atoms with Gasteiger partial charge in [-0.1, -0.05) is 37.3 Å². The molecular weight excluding hydrogens is 206 g/mol. The van der Waals surface area contributed by atoms with Gasteiger partial charge < -0.3 is 4.74 Å². The Bertz CT molecular complexity index is 226. The van der Waals surface area contributed by atoms with Gasteiger partial charge in [0.05, 0.1) is 0 Å². The fraction of sp³-hybridized carbons (Fsp3) is 0.750. The van der Waals surface area contributed by atoms with E-state index in [-0.39, 0.29) is 0 Å². The van der Waals surface area contributed by atoms with Crippen LogP contribution in [0, 0.1) is 0 Å². The molecule has 0 fully saturated rings. The molecule has 1 rings (SSSR count). The van der Waals surface area contributed by atoms with Crippen molar-refractivity contribution >= 4 is 17.0 Å². The largest absolute Gasteiger partial charge is 0.469 e. The summed E-state index contributed by atoms with van der Waals surface area (Å²) in [4.78, 5) is 4.46. The predicted molar refractivity (Wildman–Crippen MR) is 68.6 cm³/mol. The minimum atomic E-state index is 0.350. The zero-order valence-electron chi connectivity index (χ0n) is 9.74. The lowest BCUT2D eigenvalue weighted by Crippen LogP contribution is -2.17. The van der Waals surface area contributed by atoms with Crippen LogP contribution in [0.1, 0.15) is 39.0 Å². The van der Waals surface area contributed by atoms with E-state index in [9.17, 15) is 0 Å². The first-order chi connectivity index (χ1) is 7.36. The molecule has 0 radical (unpaired) electrons. The topological polar surface area (TPSA) is 21.6 Å². The Kier molecular flexibility index (Phi) is 6.57. The number of nitrogens with zero attached hydrogens (tertiary/aromatic N) is 1. The normalized spacial score (nSPS) is 21.7. The Hall–Kier alpha value is -0.440. The standard InChI is InChI=1S/C12H21NOS/c1-3-4-10-13-12(15-2)14-11-8-6-5-7-9-11/h5-6,11H,3-4,7-10H2,1-2H3. The molecule has 0 saturated heterocycles. The highest BCUT2D eigenvalue weighted by Crippen LogP contribution is 2.17. The number of unbranched alkanes of at least 4 members (excludes halogenated alkanes) is 1. The van der Waals surface area contributed by atoms with Gasteiger partial charge in [-0.25, -0.2) is 4.99 Å². The van der Waals surface area contributed by atoms with Crippen molar-refractivity contribution in [3.8, 4) is 0 Å². The molecule has 0 aliphatic heterocycles. The maximum atomic E-state index is 5.85. The van der Waals surface area contributed by atoms with E-state index < -0.39 is 0 Å². The van der Waals surface area contributed by atoms with Crippen molar-refractivity contribution in [2.45, 2.75) is 45.1 Å². The molecular formula is C12H21NOS. The summed E-state index contributed by atoms with van der Waals surface area (Å²) in [6.45, 7) is 3.08. The van der Waals surface area contributed by atoms with Gasteiger partial charge in [0.25, 0.3) is 0 Å². The van der Waals surface area contributed by atoms with Gasteiger partial charge in [-0.2, -0.15) is 0 Å². The van der Waals surface area contributed by atoms with Crippen molar-refractivity contribution in [2.75, 3.05) is 12.8 Å². The van der Waals surface area contributed by atoms with Gasteiger partial charge in [0.15, 0.2) is 0 Å². The highest BCUT2D eigenvalue weighted by molar-refractivity contribution is 8.12. The van der Waals surface area contributed by atoms with Gasteiger partial charge in [0.2, 0.25) is 5.23 Å². The highest BCUT2D eigenvalue weighted by Gasteiger charge is 2.12. The van der Waals surface area contributed by atoms with Crippen LogP contribution in [0.15, 0.2) is 17.1 Å². The van der Waals surface area contributed by atoms with Crippen LogP contribution in [0.2, 0.25) is 0 Å². The lowest BCUT2D eigenvalue weighted by Gasteiger charge is -2.19. The monoisotopic (exact) mass is 227 g/mol. The van der Waals surface area contributed by atoms with Crippen LogP contribution in [0.4, 0.5) is 0 Å². The van der Waals surface area contributed by atoms with Gasteiger partial charge in [-0.15, -0.1) is 0 Å². The van der Waals surface area contributed by atoms with Crippen molar-refractivity contribution in [3.63, 3.8) is 0 Å². The summed E-state index contributed by atoms with van der Waals surface area (Å²) in [5.74, 6) is 0. The molecule has 0 bridgehead atoms. The quantitative estimate of drug-likeness (QED) is 0.316. The Morgan fingerprint density at radius 3 is 3.00 bits per heavy atom. The van der Waals surface area contributed by atoms with E-state index in [2.05, 4.69) is 24.1 Å². The summed E-state index contributed by atoms with van der Waals surface area (Å²) in [5, 5.41) is 0.865. The molecule has 0 amide bonds. The summed E-state index contributed by atoms with van der Waals surface area (Å²) in [7, 11) is 0. The van der Waals surface area contributed by atoms with Crippen LogP contribution >= 0.6 is 11.8 Å². The van der Waals surface area contributed by atoms with Gasteiger partial charge >= 0.3 is 0 Å². The van der Waals surface area contributed by atoms with Crippen molar-refractivity contribution in [2.24, 2.45) is 4.99 Å². The molecule has 0 heterocycles. The zero-order chi connectivity index (χ0) is 10.9. The van der Waals surface area contributed by atoms with E-state index in [4.69, 9.17) is 4.74 Å². The molecule has 0 N–H and O–H groups in total. The molecule has 0 aromatic carbocycles. The van der Waals surface area contributed by atoms with Crippen molar-refractivity contribution in [1.82, 2.24) is 0 Å². The smallest absolute Gasteiger partial charge is 0.245 e. The first-order valence-electron chi connectivity index (χ1n) is 5.77. The maximum absolute atomic E-state index is 5.85. The van der Waals surface area contributed by atoms with Gasteiger partial charge in [-0.3, -0.25) is 0 Å². The molecule has 1 aliphatic carbocycles. The summed E-state index contributed by atoms with van der Waals surface area (Å²) < 4.78 is 5.85. The molecule has 0 aromatic rings. The number of hydrogen-bond acceptors (Lipinski definition) is 3. The SMILES string of the molecule is CCCCN=C(OC1CC=CCC1)SC. The summed E-state index contributed by atoms with van der Waals surface area (Å²) >= 11 is 1.62. The average Bonchev–Trinajstić information content (AvgIpc) is 2.29. The highest BCUT2D eigenvalue weighted by atomic mass is 32.2. The van der Waals surface area contributed by atoms with Crippen LogP contribution < -0.4 is 0 Å². The van der Waals surface area contributed by atoms with E-state index >= 15 is 0 Å². The molecule has 15 heavy (non-hydrogen) atoms. The predicted octanol–water partition coefficient (Wildman–Crippen LogP) is 3.63. The minimum Gasteiger partial charge on any atom is -0.469 e. The minimum absolute atomic E-state index is 0.350. The zero-order valence-corrected chi connectivity index (χ0v) is 10.6. The van der Waals surface area contributed by atoms with Gasteiger partial charge in [0.1, 0.15) is 6.10 Å². The Morgan fingerprint density at radius 1 is 1.53 bits per heavy atom. The van der Waals surface area contributed by atoms with Crippen LogP contribution in [-0.4, -0.2) is 24.1 Å². The average molecular weight is 227 g/mol. The third kappa shape index (κ3) is 5.26. The number of ether oxygens (including phenoxy) is 1. The van der Waals surface area contributed by atoms with Crippen LogP contribution in [0.25, 0.3) is 0 Å². The maximum Gasteiger partial charge on any atom is 0.245 e. The second-order valence-corrected chi connectivity index (χ2v) is 4.49. The van der Waals surface area contributed by atoms with E-state index in [0.717, 1.165) is 37.5 Å². The Labute approximate surface area is 97.2 Å². The Balaban J connectivity index is 2.31. The third-order valence-corrected chi connectivity index (χ3v) is 2.99. The van der Waals surface area contributed by atoms with E-state index in [1.54, 1.807) is 11.8 Å². The number of thioether (sulfide) groups is 1. The molecule has 3 heteroatoms. The van der Waals surface area contributed by atoms with Gasteiger partial charge in [0, 0.05) is 13.0 Å². The fourth-order valence-electron chi connectivity index (χ4n) is 1.49. The second-order valence-electron chi connectivity index (χ2n) is 3.73. The summed E-state index contributed by atoms with van der Waals surface area (Å²) in [5.41, 5.74) is 0. The van der Waals surface area contributed by atoms with E-state index in [1.807, 2.05) is 6.26 Å². The molecule has 1 unspecified atom stereocenters. The molecule has 0 spiro atoms. The van der Waals surface area contributed by atoms with Crippen LogP contribution in [-0.2, 0) is 4.74 Å². The molecule has 2 nitrogen and oxygen atoms in total. The molecule has 1 atom stereocenters. The van der Waals surface area contributed by atoms with E-state index in [1.165, 1.54) is 6.42 Å². The summed E-state index contributed by atoms with van der Waals surface area (Å²) in [6, 6.07) is 0. The lowest BCUT2D eigenvalue weighted by atomic mass is 10.1. The first kappa shape index (κ1) is 12.6. The lowest BCUT2D eigenvalue weighted by molar-refractivity contribution is 0.184. The summed E-state index contributed by atoms with van der Waals surface area (Å²) in [6.07, 6.45) is 12.5. The van der Waals surface area contributed by atoms with Crippen LogP contribution in [0.3, 0.4) is 0 Å². The fourth-order valence-corrected chi connectivity index (χ4v) is 1.95. The molecule has 0 saturated carbocycles. The number of rotatable bonds is 4. The Morgan fingerprint density at radius 2 is 2.40 bits per heavy atom. The first-order valence-corrected chi connectivity index (χ1v) is 6.99. The van der Waals surface area contributed by atoms with Crippen molar-refractivity contribution in [3.05, 3.63) is 12.2 Å². The number of aliphatic imine (C=N–C) groups is 1. The van der Waals surface area contributed by atoms with Crippen molar-refractivity contribution < 1.29 is 4.74 Å². The molecule has 0 aromatic heterocycles. The number of hydrogen-bond donors (Lipinski definition) is 0. The second kappa shape index (κ2) is 7.80.